The predicted octanol–water partition coefficient (Wildman–Crippen LogP) is 9.03. The summed E-state index contributed by atoms with van der Waals surface area (Å²) in [5.74, 6) is -3.73. The topological polar surface area (TPSA) is 177 Å². The fraction of sp³-hybridized carbons (Fsp3) is 0.739. The molecule has 3 rings (SSSR count). The SMILES string of the molecule is C1CCCCC1.CC.CC.CC.CC(C)CC(NC(=O)C1CCCN1C(=O)C(NC(=O)NCC(=O)OCc1ccccc1)C(C)(C)C)C(=O)C(N)=O.CCCCCC. The average molecular weight is 820 g/mol. The van der Waals surface area contributed by atoms with Crippen molar-refractivity contribution in [1.29, 1.82) is 0 Å². The number of likely N-dealkylation sites (tertiary alicyclic amines) is 1. The van der Waals surface area contributed by atoms with Crippen LogP contribution in [0.1, 0.15) is 179 Å². The molecule has 2 aliphatic rings. The Morgan fingerprint density at radius 2 is 1.29 bits per heavy atom. The van der Waals surface area contributed by atoms with Crippen LogP contribution in [0.2, 0.25) is 0 Å². The van der Waals surface area contributed by atoms with E-state index < -0.39 is 65.6 Å². The standard InChI is InChI=1S/C28H41N5O7.C6H12.C6H14.3C2H6/c1-17(2)14-19(22(35)24(29)36)31-25(37)20-12-9-13-33(20)26(38)23(28(3,4)5)32-27(39)30-15-21(34)40-16-18-10-7-6-8-11-18;1-2-4-6-5-3-1;1-3-5-6-4-2;3*1-2/h6-8,10-11,17,19-20,23H,9,12-16H2,1-5H3,(H2,29,36)(H,31,37)(H2,30,32,39);1-6H2;3-6H2,1-2H3;3*1-2H3. The Labute approximate surface area is 353 Å². The van der Waals surface area contributed by atoms with E-state index >= 15 is 0 Å². The Morgan fingerprint density at radius 3 is 1.72 bits per heavy atom. The maximum absolute atomic E-state index is 13.6. The van der Waals surface area contributed by atoms with Crippen molar-refractivity contribution in [2.75, 3.05) is 13.1 Å². The summed E-state index contributed by atoms with van der Waals surface area (Å²) in [6, 6.07) is 5.34. The highest BCUT2D eigenvalue weighted by Gasteiger charge is 2.42. The zero-order valence-corrected chi connectivity index (χ0v) is 38.9. The highest BCUT2D eigenvalue weighted by molar-refractivity contribution is 6.37. The van der Waals surface area contributed by atoms with Gasteiger partial charge in [-0.15, -0.1) is 0 Å². The molecule has 5 N–H and O–H groups in total. The van der Waals surface area contributed by atoms with Crippen molar-refractivity contribution >= 4 is 35.5 Å². The molecule has 1 heterocycles. The van der Waals surface area contributed by atoms with Crippen LogP contribution in [0.4, 0.5) is 4.79 Å². The van der Waals surface area contributed by atoms with Crippen molar-refractivity contribution < 1.29 is 33.5 Å². The number of nitrogens with two attached hydrogens (primary N) is 1. The van der Waals surface area contributed by atoms with Gasteiger partial charge in [-0.1, -0.05) is 185 Å². The Kier molecular flexibility index (Phi) is 36.4. The van der Waals surface area contributed by atoms with Crippen LogP contribution in [-0.2, 0) is 35.3 Å². The second kappa shape index (κ2) is 36.1. The number of hydrogen-bond donors (Lipinski definition) is 4. The number of Topliss-reactive ketones (excluding diaryl/α,β-unsaturated/α-hetero) is 1. The van der Waals surface area contributed by atoms with Crippen LogP contribution in [0.3, 0.4) is 0 Å². The van der Waals surface area contributed by atoms with Gasteiger partial charge in [0, 0.05) is 6.54 Å². The van der Waals surface area contributed by atoms with Gasteiger partial charge in [0.1, 0.15) is 25.2 Å². The second-order valence-electron chi connectivity index (χ2n) is 15.2. The van der Waals surface area contributed by atoms with Gasteiger partial charge in [-0.05, 0) is 36.2 Å². The van der Waals surface area contributed by atoms with Gasteiger partial charge in [0.2, 0.25) is 17.6 Å². The molecule has 0 bridgehead atoms. The number of carbonyl (C=O) groups excluding carboxylic acids is 6. The van der Waals surface area contributed by atoms with E-state index in [4.69, 9.17) is 10.5 Å². The summed E-state index contributed by atoms with van der Waals surface area (Å²) in [4.78, 5) is 76.6. The minimum Gasteiger partial charge on any atom is -0.460 e. The number of ketones is 1. The molecular formula is C46H85N5O7. The van der Waals surface area contributed by atoms with Crippen molar-refractivity contribution in [1.82, 2.24) is 20.9 Å². The smallest absolute Gasteiger partial charge is 0.325 e. The number of hydrogen-bond acceptors (Lipinski definition) is 7. The molecule has 336 valence electrons. The molecule has 12 nitrogen and oxygen atoms in total. The van der Waals surface area contributed by atoms with Crippen molar-refractivity contribution in [3.63, 3.8) is 0 Å². The number of rotatable bonds is 15. The number of nitrogens with zero attached hydrogens (tertiary/aromatic N) is 1. The number of carbonyl (C=O) groups is 6. The van der Waals surface area contributed by atoms with E-state index in [-0.39, 0.29) is 25.5 Å². The van der Waals surface area contributed by atoms with Gasteiger partial charge in [-0.2, -0.15) is 0 Å². The van der Waals surface area contributed by atoms with E-state index in [9.17, 15) is 28.8 Å². The molecule has 0 radical (unpaired) electrons. The molecule has 0 spiro atoms. The van der Waals surface area contributed by atoms with Crippen molar-refractivity contribution in [3.8, 4) is 0 Å². The Hall–Kier alpha value is -3.96. The maximum Gasteiger partial charge on any atom is 0.325 e. The van der Waals surface area contributed by atoms with E-state index in [0.717, 1.165) is 5.56 Å². The van der Waals surface area contributed by atoms with Crippen molar-refractivity contribution in [2.24, 2.45) is 17.1 Å². The highest BCUT2D eigenvalue weighted by atomic mass is 16.5. The second-order valence-corrected chi connectivity index (χ2v) is 15.2. The Balaban J connectivity index is -0.00000140. The van der Waals surface area contributed by atoms with Gasteiger partial charge in [-0.3, -0.25) is 24.0 Å². The monoisotopic (exact) mass is 820 g/mol. The molecule has 1 saturated carbocycles. The third-order valence-corrected chi connectivity index (χ3v) is 8.90. The Morgan fingerprint density at radius 1 is 0.793 bits per heavy atom. The molecule has 1 saturated heterocycles. The zero-order valence-electron chi connectivity index (χ0n) is 38.9. The normalized spacial score (nSPS) is 15.1. The van der Waals surface area contributed by atoms with Crippen molar-refractivity contribution in [3.05, 3.63) is 35.9 Å². The van der Waals surface area contributed by atoms with E-state index in [1.165, 1.54) is 69.1 Å². The molecule has 1 aliphatic heterocycles. The number of urea groups is 1. The fourth-order valence-electron chi connectivity index (χ4n) is 5.94. The zero-order chi connectivity index (χ0) is 45.1. The summed E-state index contributed by atoms with van der Waals surface area (Å²) in [5, 5.41) is 7.64. The number of benzene rings is 1. The molecule has 3 atom stereocenters. The first kappa shape index (κ1) is 58.4. The number of unbranched alkanes of at least 4 members (excludes halogenated alkanes) is 3. The van der Waals surface area contributed by atoms with Crippen LogP contribution < -0.4 is 21.7 Å². The number of amides is 5. The first-order valence-electron chi connectivity index (χ1n) is 22.3. The van der Waals surface area contributed by atoms with Crippen LogP contribution in [0.25, 0.3) is 0 Å². The number of ether oxygens (including phenoxy) is 1. The fourth-order valence-corrected chi connectivity index (χ4v) is 5.94. The van der Waals surface area contributed by atoms with Crippen LogP contribution in [0.5, 0.6) is 0 Å². The lowest BCUT2D eigenvalue weighted by Gasteiger charge is -2.35. The number of esters is 1. The van der Waals surface area contributed by atoms with Crippen molar-refractivity contribution in [2.45, 2.75) is 198 Å². The molecule has 2 fully saturated rings. The largest absolute Gasteiger partial charge is 0.460 e. The summed E-state index contributed by atoms with van der Waals surface area (Å²) < 4.78 is 5.15. The number of primary amides is 1. The van der Waals surface area contributed by atoms with Gasteiger partial charge in [0.25, 0.3) is 5.91 Å². The quantitative estimate of drug-likeness (QED) is 0.0775. The minimum absolute atomic E-state index is 0.00137. The molecule has 0 aromatic heterocycles. The molecule has 12 heteroatoms. The highest BCUT2D eigenvalue weighted by Crippen LogP contribution is 2.26. The van der Waals surface area contributed by atoms with Crippen LogP contribution >= 0.6 is 0 Å². The third-order valence-electron chi connectivity index (χ3n) is 8.90. The molecule has 1 aromatic rings. The lowest BCUT2D eigenvalue weighted by molar-refractivity contribution is -0.143. The summed E-state index contributed by atoms with van der Waals surface area (Å²) in [6.45, 7) is 25.4. The van der Waals surface area contributed by atoms with Gasteiger partial charge >= 0.3 is 12.0 Å². The molecule has 3 unspecified atom stereocenters. The van der Waals surface area contributed by atoms with E-state index in [1.54, 1.807) is 32.9 Å². The van der Waals surface area contributed by atoms with Gasteiger partial charge < -0.3 is 31.3 Å². The van der Waals surface area contributed by atoms with Gasteiger partial charge in [0.15, 0.2) is 0 Å². The molecular weight excluding hydrogens is 735 g/mol. The minimum atomic E-state index is -1.14. The first-order chi connectivity index (χ1) is 27.6. The van der Waals surface area contributed by atoms with Crippen LogP contribution in [-0.4, -0.2) is 71.6 Å². The summed E-state index contributed by atoms with van der Waals surface area (Å²) in [5.41, 5.74) is 5.22. The van der Waals surface area contributed by atoms with Crippen LogP contribution in [0.15, 0.2) is 30.3 Å². The first-order valence-corrected chi connectivity index (χ1v) is 22.3. The third kappa shape index (κ3) is 26.9. The van der Waals surface area contributed by atoms with Gasteiger partial charge in [0.05, 0.1) is 6.04 Å². The predicted molar refractivity (Wildman–Crippen MR) is 238 cm³/mol. The van der Waals surface area contributed by atoms with E-state index in [0.29, 0.717) is 12.8 Å². The lowest BCUT2D eigenvalue weighted by Crippen LogP contribution is -2.60. The molecule has 5 amide bonds. The number of nitrogens with one attached hydrogen (secondary N) is 3. The lowest BCUT2D eigenvalue weighted by atomic mass is 9.85. The summed E-state index contributed by atoms with van der Waals surface area (Å²) >= 11 is 0. The van der Waals surface area contributed by atoms with E-state index in [1.807, 2.05) is 73.6 Å². The van der Waals surface area contributed by atoms with E-state index in [2.05, 4.69) is 29.8 Å². The molecule has 1 aliphatic carbocycles. The molecule has 1 aromatic carbocycles. The average Bonchev–Trinajstić information content (AvgIpc) is 3.73. The summed E-state index contributed by atoms with van der Waals surface area (Å²) in [7, 11) is 0. The van der Waals surface area contributed by atoms with Gasteiger partial charge in [-0.25, -0.2) is 4.79 Å². The maximum atomic E-state index is 13.6. The molecule has 58 heavy (non-hydrogen) atoms. The Bertz CT molecular complexity index is 1230. The summed E-state index contributed by atoms with van der Waals surface area (Å²) in [6.07, 6.45) is 15.6. The van der Waals surface area contributed by atoms with Crippen LogP contribution in [0, 0.1) is 11.3 Å².